The monoisotopic (exact) mass is 433 g/mol. The highest BCUT2D eigenvalue weighted by Crippen LogP contribution is 2.40. The van der Waals surface area contributed by atoms with Gasteiger partial charge in [-0.25, -0.2) is 9.97 Å². The van der Waals surface area contributed by atoms with E-state index in [9.17, 15) is 9.59 Å². The van der Waals surface area contributed by atoms with Crippen LogP contribution in [0.3, 0.4) is 0 Å². The van der Waals surface area contributed by atoms with Crippen LogP contribution < -0.4 is 10.2 Å². The van der Waals surface area contributed by atoms with E-state index in [1.54, 1.807) is 12.4 Å². The van der Waals surface area contributed by atoms with Crippen molar-refractivity contribution in [1.82, 2.24) is 20.2 Å². The highest BCUT2D eigenvalue weighted by molar-refractivity contribution is 5.98. The largest absolute Gasteiger partial charge is 0.351 e. The van der Waals surface area contributed by atoms with Crippen LogP contribution in [0.2, 0.25) is 0 Å². The summed E-state index contributed by atoms with van der Waals surface area (Å²) in [4.78, 5) is 39.6. The molecule has 3 atom stereocenters. The SMILES string of the molecule is O=C(NC1CCN(c2ncccn2)CC1)C1CC2CCCCC2N1C(=O)c1ccccc1. The maximum Gasteiger partial charge on any atom is 0.254 e. The van der Waals surface area contributed by atoms with Crippen molar-refractivity contribution in [2.45, 2.75) is 63.1 Å². The fourth-order valence-corrected chi connectivity index (χ4v) is 5.69. The summed E-state index contributed by atoms with van der Waals surface area (Å²) in [5, 5.41) is 3.28. The Morgan fingerprint density at radius 3 is 2.38 bits per heavy atom. The lowest BCUT2D eigenvalue weighted by atomic mass is 9.84. The predicted molar refractivity (Wildman–Crippen MR) is 122 cm³/mol. The maximum absolute atomic E-state index is 13.4. The van der Waals surface area contributed by atoms with Gasteiger partial charge in [-0.2, -0.15) is 0 Å². The standard InChI is InChI=1S/C25H31N5O2/c31-23(28-20-11-15-29(16-12-20)25-26-13-6-14-27-25)22-17-19-9-4-5-10-21(19)30(22)24(32)18-7-2-1-3-8-18/h1-3,6-8,13-14,19-22H,4-5,9-12,15-17H2,(H,28,31). The molecule has 3 heterocycles. The maximum atomic E-state index is 13.4. The van der Waals surface area contributed by atoms with Crippen molar-refractivity contribution >= 4 is 17.8 Å². The van der Waals surface area contributed by atoms with E-state index in [0.717, 1.165) is 57.6 Å². The van der Waals surface area contributed by atoms with Crippen molar-refractivity contribution in [3.8, 4) is 0 Å². The number of carbonyl (C=O) groups excluding carboxylic acids is 2. The molecule has 3 fully saturated rings. The predicted octanol–water partition coefficient (Wildman–Crippen LogP) is 3.04. The third-order valence-corrected chi connectivity index (χ3v) is 7.32. The van der Waals surface area contributed by atoms with Crippen LogP contribution in [0.25, 0.3) is 0 Å². The van der Waals surface area contributed by atoms with Gasteiger partial charge in [0, 0.05) is 43.1 Å². The molecule has 3 unspecified atom stereocenters. The van der Waals surface area contributed by atoms with Crippen LogP contribution in [-0.4, -0.2) is 57.9 Å². The molecular weight excluding hydrogens is 402 g/mol. The molecule has 1 saturated carbocycles. The van der Waals surface area contributed by atoms with Crippen molar-refractivity contribution in [3.63, 3.8) is 0 Å². The first-order valence-electron chi connectivity index (χ1n) is 11.9. The normalized spacial score (nSPS) is 25.9. The Labute approximate surface area is 189 Å². The molecule has 0 radical (unpaired) electrons. The number of amides is 2. The molecule has 168 valence electrons. The summed E-state index contributed by atoms with van der Waals surface area (Å²) in [5.74, 6) is 1.19. The van der Waals surface area contributed by atoms with Crippen molar-refractivity contribution in [2.75, 3.05) is 18.0 Å². The molecule has 1 aromatic heterocycles. The number of rotatable bonds is 4. The van der Waals surface area contributed by atoms with Gasteiger partial charge in [-0.05, 0) is 56.2 Å². The van der Waals surface area contributed by atoms with Gasteiger partial charge in [-0.3, -0.25) is 9.59 Å². The number of benzene rings is 1. The molecule has 1 aliphatic carbocycles. The molecule has 2 saturated heterocycles. The number of anilines is 1. The number of fused-ring (bicyclic) bond motifs is 1. The molecule has 0 bridgehead atoms. The van der Waals surface area contributed by atoms with E-state index in [1.165, 1.54) is 6.42 Å². The molecule has 2 amide bonds. The summed E-state index contributed by atoms with van der Waals surface area (Å²) in [6, 6.07) is 11.2. The molecule has 2 aromatic rings. The zero-order valence-electron chi connectivity index (χ0n) is 18.4. The van der Waals surface area contributed by atoms with Crippen LogP contribution in [-0.2, 0) is 4.79 Å². The van der Waals surface area contributed by atoms with Gasteiger partial charge in [0.1, 0.15) is 6.04 Å². The average Bonchev–Trinajstić information content (AvgIpc) is 3.25. The summed E-state index contributed by atoms with van der Waals surface area (Å²) in [6.07, 6.45) is 10.5. The molecule has 1 aromatic carbocycles. The number of aromatic nitrogens is 2. The Hall–Kier alpha value is -2.96. The molecule has 7 nitrogen and oxygen atoms in total. The van der Waals surface area contributed by atoms with Gasteiger partial charge in [0.15, 0.2) is 0 Å². The minimum atomic E-state index is -0.369. The van der Waals surface area contributed by atoms with E-state index in [2.05, 4.69) is 20.2 Å². The fraction of sp³-hybridized carbons (Fsp3) is 0.520. The number of carbonyl (C=O) groups is 2. The lowest BCUT2D eigenvalue weighted by Gasteiger charge is -2.35. The van der Waals surface area contributed by atoms with E-state index in [4.69, 9.17) is 0 Å². The number of likely N-dealkylation sites (tertiary alicyclic amines) is 1. The van der Waals surface area contributed by atoms with E-state index >= 15 is 0 Å². The zero-order valence-corrected chi connectivity index (χ0v) is 18.4. The molecule has 3 aliphatic rings. The summed E-state index contributed by atoms with van der Waals surface area (Å²) in [6.45, 7) is 1.63. The summed E-state index contributed by atoms with van der Waals surface area (Å²) in [7, 11) is 0. The number of hydrogen-bond donors (Lipinski definition) is 1. The first-order chi connectivity index (χ1) is 15.7. The Morgan fingerprint density at radius 2 is 1.62 bits per heavy atom. The second-order valence-electron chi connectivity index (χ2n) is 9.26. The Morgan fingerprint density at radius 1 is 0.906 bits per heavy atom. The smallest absolute Gasteiger partial charge is 0.254 e. The van der Waals surface area contributed by atoms with Gasteiger partial charge >= 0.3 is 0 Å². The lowest BCUT2D eigenvalue weighted by Crippen LogP contribution is -2.53. The summed E-state index contributed by atoms with van der Waals surface area (Å²) >= 11 is 0. The van der Waals surface area contributed by atoms with Crippen LogP contribution in [0, 0.1) is 5.92 Å². The van der Waals surface area contributed by atoms with Gasteiger partial charge in [0.05, 0.1) is 0 Å². The van der Waals surface area contributed by atoms with Gasteiger partial charge < -0.3 is 15.1 Å². The molecule has 5 rings (SSSR count). The lowest BCUT2D eigenvalue weighted by molar-refractivity contribution is -0.126. The van der Waals surface area contributed by atoms with Crippen LogP contribution in [0.4, 0.5) is 5.95 Å². The average molecular weight is 434 g/mol. The van der Waals surface area contributed by atoms with Crippen LogP contribution in [0.15, 0.2) is 48.8 Å². The topological polar surface area (TPSA) is 78.4 Å². The van der Waals surface area contributed by atoms with Crippen LogP contribution in [0.5, 0.6) is 0 Å². The van der Waals surface area contributed by atoms with Crippen LogP contribution in [0.1, 0.15) is 55.3 Å². The minimum Gasteiger partial charge on any atom is -0.351 e. The number of hydrogen-bond acceptors (Lipinski definition) is 5. The highest BCUT2D eigenvalue weighted by atomic mass is 16.2. The van der Waals surface area contributed by atoms with Gasteiger partial charge in [0.25, 0.3) is 5.91 Å². The number of piperidine rings is 1. The minimum absolute atomic E-state index is 0.00352. The van der Waals surface area contributed by atoms with Gasteiger partial charge in [-0.15, -0.1) is 0 Å². The molecular formula is C25H31N5O2. The third-order valence-electron chi connectivity index (χ3n) is 7.32. The van der Waals surface area contributed by atoms with Crippen molar-refractivity contribution in [2.24, 2.45) is 5.92 Å². The second kappa shape index (κ2) is 9.27. The quantitative estimate of drug-likeness (QED) is 0.802. The molecule has 1 N–H and O–H groups in total. The zero-order chi connectivity index (χ0) is 21.9. The van der Waals surface area contributed by atoms with Gasteiger partial charge in [-0.1, -0.05) is 31.0 Å². The first kappa shape index (κ1) is 20.9. The van der Waals surface area contributed by atoms with E-state index < -0.39 is 0 Å². The third kappa shape index (κ3) is 4.20. The van der Waals surface area contributed by atoms with Crippen LogP contribution >= 0.6 is 0 Å². The van der Waals surface area contributed by atoms with E-state index in [1.807, 2.05) is 41.3 Å². The Balaban J connectivity index is 1.26. The van der Waals surface area contributed by atoms with Crippen molar-refractivity contribution in [3.05, 3.63) is 54.4 Å². The number of nitrogens with zero attached hydrogens (tertiary/aromatic N) is 4. The fourth-order valence-electron chi connectivity index (χ4n) is 5.69. The van der Waals surface area contributed by atoms with Crippen molar-refractivity contribution in [1.29, 1.82) is 0 Å². The molecule has 0 spiro atoms. The van der Waals surface area contributed by atoms with E-state index in [0.29, 0.717) is 11.5 Å². The first-order valence-corrected chi connectivity index (χ1v) is 11.9. The van der Waals surface area contributed by atoms with Crippen molar-refractivity contribution < 1.29 is 9.59 Å². The van der Waals surface area contributed by atoms with Gasteiger partial charge in [0.2, 0.25) is 11.9 Å². The summed E-state index contributed by atoms with van der Waals surface area (Å²) < 4.78 is 0. The molecule has 2 aliphatic heterocycles. The highest BCUT2D eigenvalue weighted by Gasteiger charge is 2.47. The molecule has 7 heteroatoms. The Kier molecular flexibility index (Phi) is 6.06. The number of nitrogens with one attached hydrogen (secondary N) is 1. The second-order valence-corrected chi connectivity index (χ2v) is 9.26. The molecule has 32 heavy (non-hydrogen) atoms. The van der Waals surface area contributed by atoms with E-state index in [-0.39, 0.29) is 29.9 Å². The Bertz CT molecular complexity index is 930. The summed E-state index contributed by atoms with van der Waals surface area (Å²) in [5.41, 5.74) is 0.674.